The molecule has 2 atom stereocenters. The number of hydrogen-bond donors (Lipinski definition) is 1. The summed E-state index contributed by atoms with van der Waals surface area (Å²) >= 11 is 0. The molecule has 0 spiro atoms. The lowest BCUT2D eigenvalue weighted by Gasteiger charge is -2.21. The number of sulfonamides is 1. The van der Waals surface area contributed by atoms with Crippen LogP contribution in [0.1, 0.15) is 11.1 Å². The molecule has 0 saturated carbocycles. The molecule has 2 aromatic rings. The number of nitrogens with zero attached hydrogens (tertiary/aromatic N) is 3. The van der Waals surface area contributed by atoms with Gasteiger partial charge in [-0.25, -0.2) is 12.7 Å². The zero-order valence-corrected chi connectivity index (χ0v) is 15.9. The third-order valence-electron chi connectivity index (χ3n) is 4.89. The fourth-order valence-corrected chi connectivity index (χ4v) is 4.68. The van der Waals surface area contributed by atoms with Crippen LogP contribution in [0.25, 0.3) is 10.9 Å². The predicted molar refractivity (Wildman–Crippen MR) is 100 cm³/mol. The van der Waals surface area contributed by atoms with Gasteiger partial charge in [0.15, 0.2) is 0 Å². The van der Waals surface area contributed by atoms with E-state index in [9.17, 15) is 13.5 Å². The molecule has 6 nitrogen and oxygen atoms in total. The second-order valence-electron chi connectivity index (χ2n) is 7.10. The molecule has 0 aliphatic carbocycles. The van der Waals surface area contributed by atoms with Gasteiger partial charge < -0.3 is 10.0 Å². The SMILES string of the molecule is Cc1cc(C)c2nccc(N3C[C@@H](CS(=O)(=O)N(C)C)[C@H](O)C3)c2c1. The molecule has 1 aromatic carbocycles. The van der Waals surface area contributed by atoms with Gasteiger partial charge in [0, 0.05) is 50.4 Å². The highest BCUT2D eigenvalue weighted by atomic mass is 32.2. The van der Waals surface area contributed by atoms with E-state index in [1.165, 1.54) is 18.4 Å². The molecule has 0 amide bonds. The van der Waals surface area contributed by atoms with E-state index in [1.807, 2.05) is 13.0 Å². The standard InChI is InChI=1S/C18H25N3O3S/c1-12-7-13(2)18-15(8-12)16(5-6-19-18)21-9-14(17(22)10-21)11-25(23,24)20(3)4/h5-8,14,17,22H,9-11H2,1-4H3/t14-,17+/m0/s1. The molecule has 1 saturated heterocycles. The average Bonchev–Trinajstić information content (AvgIpc) is 2.86. The number of β-amino-alcohol motifs (C(OH)–C–C–N with tert-alkyl or cyclic N) is 1. The van der Waals surface area contributed by atoms with E-state index < -0.39 is 16.1 Å². The van der Waals surface area contributed by atoms with Crippen molar-refractivity contribution < 1.29 is 13.5 Å². The third kappa shape index (κ3) is 3.49. The first-order chi connectivity index (χ1) is 11.7. The molecule has 3 rings (SSSR count). The molecule has 0 bridgehead atoms. The minimum absolute atomic E-state index is 0.0429. The van der Waals surface area contributed by atoms with Crippen LogP contribution in [-0.2, 0) is 10.0 Å². The van der Waals surface area contributed by atoms with Crippen molar-refractivity contribution in [2.24, 2.45) is 5.92 Å². The van der Waals surface area contributed by atoms with Crippen LogP contribution < -0.4 is 4.90 Å². The summed E-state index contributed by atoms with van der Waals surface area (Å²) in [5.41, 5.74) is 4.22. The molecule has 7 heteroatoms. The van der Waals surface area contributed by atoms with Gasteiger partial charge in [0.1, 0.15) is 0 Å². The van der Waals surface area contributed by atoms with Crippen LogP contribution in [0.5, 0.6) is 0 Å². The van der Waals surface area contributed by atoms with Crippen LogP contribution in [0.2, 0.25) is 0 Å². The van der Waals surface area contributed by atoms with Crippen LogP contribution in [0.3, 0.4) is 0 Å². The number of pyridine rings is 1. The third-order valence-corrected chi connectivity index (χ3v) is 6.85. The molecular formula is C18H25N3O3S. The van der Waals surface area contributed by atoms with Crippen LogP contribution in [0.15, 0.2) is 24.4 Å². The van der Waals surface area contributed by atoms with Gasteiger partial charge in [0.25, 0.3) is 0 Å². The van der Waals surface area contributed by atoms with E-state index in [0.29, 0.717) is 13.1 Å². The normalized spacial score (nSPS) is 21.4. The summed E-state index contributed by atoms with van der Waals surface area (Å²) in [5, 5.41) is 11.5. The molecule has 0 radical (unpaired) electrons. The van der Waals surface area contributed by atoms with E-state index in [4.69, 9.17) is 0 Å². The Morgan fingerprint density at radius 1 is 1.28 bits per heavy atom. The number of aryl methyl sites for hydroxylation is 2. The maximum Gasteiger partial charge on any atom is 0.214 e. The van der Waals surface area contributed by atoms with Crippen molar-refractivity contribution in [3.05, 3.63) is 35.5 Å². The molecule has 0 unspecified atom stereocenters. The maximum absolute atomic E-state index is 12.2. The molecule has 1 aromatic heterocycles. The number of anilines is 1. The van der Waals surface area contributed by atoms with Crippen molar-refractivity contribution in [3.63, 3.8) is 0 Å². The molecule has 1 aliphatic heterocycles. The largest absolute Gasteiger partial charge is 0.391 e. The number of rotatable bonds is 4. The summed E-state index contributed by atoms with van der Waals surface area (Å²) in [6.07, 6.45) is 1.11. The fraction of sp³-hybridized carbons (Fsp3) is 0.500. The maximum atomic E-state index is 12.2. The van der Waals surface area contributed by atoms with E-state index >= 15 is 0 Å². The Hall–Kier alpha value is -1.70. The zero-order chi connectivity index (χ0) is 18.4. The first-order valence-corrected chi connectivity index (χ1v) is 9.99. The van der Waals surface area contributed by atoms with Gasteiger partial charge in [0.05, 0.1) is 17.4 Å². The first-order valence-electron chi connectivity index (χ1n) is 8.38. The second kappa shape index (κ2) is 6.55. The van der Waals surface area contributed by atoms with Gasteiger partial charge in [-0.15, -0.1) is 0 Å². The minimum Gasteiger partial charge on any atom is -0.391 e. The van der Waals surface area contributed by atoms with Gasteiger partial charge in [-0.1, -0.05) is 11.6 Å². The Morgan fingerprint density at radius 2 is 2.00 bits per heavy atom. The minimum atomic E-state index is -3.34. The molecule has 1 aliphatic rings. The van der Waals surface area contributed by atoms with E-state index in [2.05, 4.69) is 28.9 Å². The lowest BCUT2D eigenvalue weighted by Crippen LogP contribution is -2.33. The van der Waals surface area contributed by atoms with Crippen molar-refractivity contribution in [1.29, 1.82) is 0 Å². The second-order valence-corrected chi connectivity index (χ2v) is 9.33. The van der Waals surface area contributed by atoms with Crippen LogP contribution in [0.4, 0.5) is 5.69 Å². The summed E-state index contributed by atoms with van der Waals surface area (Å²) in [7, 11) is -0.293. The van der Waals surface area contributed by atoms with Crippen molar-refractivity contribution in [2.75, 3.05) is 37.8 Å². The molecule has 2 heterocycles. The predicted octanol–water partition coefficient (Wildman–Crippen LogP) is 1.54. The highest BCUT2D eigenvalue weighted by molar-refractivity contribution is 7.89. The van der Waals surface area contributed by atoms with E-state index in [1.54, 1.807) is 6.20 Å². The van der Waals surface area contributed by atoms with E-state index in [0.717, 1.165) is 27.7 Å². The van der Waals surface area contributed by atoms with Crippen LogP contribution in [-0.4, -0.2) is 61.9 Å². The molecular weight excluding hydrogens is 338 g/mol. The van der Waals surface area contributed by atoms with Gasteiger partial charge >= 0.3 is 0 Å². The van der Waals surface area contributed by atoms with Crippen molar-refractivity contribution in [2.45, 2.75) is 20.0 Å². The van der Waals surface area contributed by atoms with Crippen molar-refractivity contribution in [3.8, 4) is 0 Å². The van der Waals surface area contributed by atoms with Crippen molar-refractivity contribution >= 4 is 26.6 Å². The van der Waals surface area contributed by atoms with Crippen LogP contribution >= 0.6 is 0 Å². The zero-order valence-electron chi connectivity index (χ0n) is 15.1. The van der Waals surface area contributed by atoms with Gasteiger partial charge in [-0.05, 0) is 31.5 Å². The molecule has 1 fully saturated rings. The monoisotopic (exact) mass is 363 g/mol. The highest BCUT2D eigenvalue weighted by Gasteiger charge is 2.36. The number of hydrogen-bond acceptors (Lipinski definition) is 5. The average molecular weight is 363 g/mol. The first kappa shape index (κ1) is 18.1. The van der Waals surface area contributed by atoms with Crippen LogP contribution in [0, 0.1) is 19.8 Å². The Labute approximate surface area is 149 Å². The Bertz CT molecular complexity index is 896. The fourth-order valence-electron chi connectivity index (χ4n) is 3.51. The van der Waals surface area contributed by atoms with E-state index in [-0.39, 0.29) is 11.7 Å². The molecule has 1 N–H and O–H groups in total. The lowest BCUT2D eigenvalue weighted by atomic mass is 10.1. The Morgan fingerprint density at radius 3 is 2.68 bits per heavy atom. The molecule has 136 valence electrons. The molecule has 25 heavy (non-hydrogen) atoms. The van der Waals surface area contributed by atoms with Gasteiger partial charge in [0.2, 0.25) is 10.0 Å². The summed E-state index contributed by atoms with van der Waals surface area (Å²) in [6.45, 7) is 5.03. The summed E-state index contributed by atoms with van der Waals surface area (Å²) < 4.78 is 25.5. The Kier molecular flexibility index (Phi) is 4.74. The van der Waals surface area contributed by atoms with Crippen molar-refractivity contribution in [1.82, 2.24) is 9.29 Å². The summed E-state index contributed by atoms with van der Waals surface area (Å²) in [5.74, 6) is -0.347. The van der Waals surface area contributed by atoms with Gasteiger partial charge in [-0.2, -0.15) is 0 Å². The topological polar surface area (TPSA) is 73.7 Å². The lowest BCUT2D eigenvalue weighted by molar-refractivity contribution is 0.157. The summed E-state index contributed by atoms with van der Waals surface area (Å²) in [6, 6.07) is 6.14. The highest BCUT2D eigenvalue weighted by Crippen LogP contribution is 2.32. The number of aromatic nitrogens is 1. The smallest absolute Gasteiger partial charge is 0.214 e. The number of aliphatic hydroxyl groups is 1. The quantitative estimate of drug-likeness (QED) is 0.892. The Balaban J connectivity index is 1.93. The number of aliphatic hydroxyl groups excluding tert-OH is 1. The summed E-state index contributed by atoms with van der Waals surface area (Å²) in [4.78, 5) is 6.56. The van der Waals surface area contributed by atoms with Gasteiger partial charge in [-0.3, -0.25) is 4.98 Å². The number of benzene rings is 1. The number of fused-ring (bicyclic) bond motifs is 1.